The second kappa shape index (κ2) is 6.24. The summed E-state index contributed by atoms with van der Waals surface area (Å²) in [6.07, 6.45) is 0.244. The van der Waals surface area contributed by atoms with E-state index in [-0.39, 0.29) is 18.8 Å². The predicted octanol–water partition coefficient (Wildman–Crippen LogP) is 1.60. The van der Waals surface area contributed by atoms with E-state index in [2.05, 4.69) is 32.6 Å². The first-order valence-electron chi connectivity index (χ1n) is 6.03. The largest absolute Gasteiger partial charge is 0.394 e. The molecule has 0 unspecified atom stereocenters. The molecule has 3 nitrogen and oxygen atoms in total. The zero-order valence-corrected chi connectivity index (χ0v) is 11.7. The summed E-state index contributed by atoms with van der Waals surface area (Å²) in [4.78, 5) is 2.40. The number of hydrogen-bond donors (Lipinski definition) is 1. The Labute approximate surface area is 104 Å². The van der Waals surface area contributed by atoms with Crippen LogP contribution < -0.4 is 0 Å². The van der Waals surface area contributed by atoms with Crippen LogP contribution in [-0.4, -0.2) is 59.0 Å². The van der Waals surface area contributed by atoms with Gasteiger partial charge in [0.2, 0.25) is 0 Å². The highest BCUT2D eigenvalue weighted by molar-refractivity contribution is 8.00. The predicted molar refractivity (Wildman–Crippen MR) is 70.1 cm³/mol. The molecule has 1 aliphatic rings. The summed E-state index contributed by atoms with van der Waals surface area (Å²) < 4.78 is 5.96. The fraction of sp³-hybridized carbons (Fsp3) is 1.00. The average molecular weight is 247 g/mol. The molecule has 0 saturated carbocycles. The highest BCUT2D eigenvalue weighted by Gasteiger charge is 2.24. The monoisotopic (exact) mass is 247 g/mol. The van der Waals surface area contributed by atoms with Crippen molar-refractivity contribution in [3.63, 3.8) is 0 Å². The number of aliphatic hydroxyl groups excluding tert-OH is 1. The maximum atomic E-state index is 9.12. The first-order chi connectivity index (χ1) is 7.40. The molecule has 0 aromatic carbocycles. The van der Waals surface area contributed by atoms with Crippen molar-refractivity contribution in [1.29, 1.82) is 0 Å². The molecule has 1 fully saturated rings. The zero-order valence-electron chi connectivity index (χ0n) is 10.9. The normalized spacial score (nSPS) is 28.3. The summed E-state index contributed by atoms with van der Waals surface area (Å²) in [5.74, 6) is 1.15. The van der Waals surface area contributed by atoms with Gasteiger partial charge >= 0.3 is 0 Å². The van der Waals surface area contributed by atoms with E-state index >= 15 is 0 Å². The van der Waals surface area contributed by atoms with Crippen LogP contribution in [-0.2, 0) is 4.74 Å². The van der Waals surface area contributed by atoms with E-state index in [0.717, 1.165) is 25.4 Å². The van der Waals surface area contributed by atoms with E-state index in [1.165, 1.54) is 0 Å². The quantitative estimate of drug-likeness (QED) is 0.818. The molecule has 16 heavy (non-hydrogen) atoms. The molecule has 0 amide bonds. The van der Waals surface area contributed by atoms with E-state index < -0.39 is 0 Å². The minimum absolute atomic E-state index is 0.00314. The van der Waals surface area contributed by atoms with Crippen LogP contribution in [0, 0.1) is 0 Å². The minimum atomic E-state index is 0.00314. The smallest absolute Gasteiger partial charge is 0.0936 e. The lowest BCUT2D eigenvalue weighted by Gasteiger charge is -2.36. The van der Waals surface area contributed by atoms with Gasteiger partial charge in [0, 0.05) is 30.1 Å². The first kappa shape index (κ1) is 14.3. The Morgan fingerprint density at radius 3 is 2.62 bits per heavy atom. The summed E-state index contributed by atoms with van der Waals surface area (Å²) in [6.45, 7) is 11.9. The first-order valence-corrected chi connectivity index (χ1v) is 7.02. The topological polar surface area (TPSA) is 32.7 Å². The van der Waals surface area contributed by atoms with Crippen molar-refractivity contribution in [2.75, 3.05) is 32.0 Å². The van der Waals surface area contributed by atoms with E-state index in [4.69, 9.17) is 9.84 Å². The standard InChI is InChI=1S/C12H25NO2S/c1-10-7-13(8-11(9-14)15-10)5-6-16-12(2,3)4/h10-11,14H,5-9H2,1-4H3/t10-,11-/m1/s1. The van der Waals surface area contributed by atoms with Gasteiger partial charge in [0.15, 0.2) is 0 Å². The van der Waals surface area contributed by atoms with Gasteiger partial charge < -0.3 is 9.84 Å². The van der Waals surface area contributed by atoms with Crippen LogP contribution in [0.2, 0.25) is 0 Å². The molecule has 0 bridgehead atoms. The fourth-order valence-electron chi connectivity index (χ4n) is 1.90. The maximum Gasteiger partial charge on any atom is 0.0936 e. The van der Waals surface area contributed by atoms with Gasteiger partial charge in [-0.25, -0.2) is 0 Å². The fourth-order valence-corrected chi connectivity index (χ4v) is 2.87. The van der Waals surface area contributed by atoms with E-state index in [1.54, 1.807) is 0 Å². The van der Waals surface area contributed by atoms with Crippen LogP contribution in [0.3, 0.4) is 0 Å². The Morgan fingerprint density at radius 2 is 2.06 bits per heavy atom. The van der Waals surface area contributed by atoms with Crippen molar-refractivity contribution in [1.82, 2.24) is 4.90 Å². The van der Waals surface area contributed by atoms with Crippen LogP contribution in [0.5, 0.6) is 0 Å². The number of nitrogens with zero attached hydrogens (tertiary/aromatic N) is 1. The Balaban J connectivity index is 2.26. The van der Waals surface area contributed by atoms with Gasteiger partial charge in [0.1, 0.15) is 0 Å². The van der Waals surface area contributed by atoms with Crippen molar-refractivity contribution >= 4 is 11.8 Å². The van der Waals surface area contributed by atoms with Gasteiger partial charge in [-0.1, -0.05) is 20.8 Å². The van der Waals surface area contributed by atoms with E-state index in [1.807, 2.05) is 11.8 Å². The van der Waals surface area contributed by atoms with Crippen molar-refractivity contribution < 1.29 is 9.84 Å². The molecule has 4 heteroatoms. The Morgan fingerprint density at radius 1 is 1.38 bits per heavy atom. The van der Waals surface area contributed by atoms with Gasteiger partial charge in [-0.3, -0.25) is 4.90 Å². The molecule has 0 aliphatic carbocycles. The summed E-state index contributed by atoms with van der Waals surface area (Å²) >= 11 is 1.99. The molecule has 96 valence electrons. The van der Waals surface area contributed by atoms with Gasteiger partial charge in [-0.2, -0.15) is 11.8 Å². The van der Waals surface area contributed by atoms with Gasteiger partial charge in [-0.05, 0) is 6.92 Å². The van der Waals surface area contributed by atoms with Crippen molar-refractivity contribution in [2.24, 2.45) is 0 Å². The third kappa shape index (κ3) is 5.53. The molecule has 0 spiro atoms. The SMILES string of the molecule is C[C@@H]1CN(CCSC(C)(C)C)C[C@H](CO)O1. The molecular weight excluding hydrogens is 222 g/mol. The number of morpholine rings is 1. The zero-order chi connectivity index (χ0) is 12.2. The summed E-state index contributed by atoms with van der Waals surface area (Å²) in [6, 6.07) is 0. The summed E-state index contributed by atoms with van der Waals surface area (Å²) in [5.41, 5.74) is 0. The summed E-state index contributed by atoms with van der Waals surface area (Å²) in [5, 5.41) is 9.12. The van der Waals surface area contributed by atoms with Crippen LogP contribution in [0.25, 0.3) is 0 Å². The molecule has 2 atom stereocenters. The molecule has 0 aromatic heterocycles. The van der Waals surface area contributed by atoms with Crippen molar-refractivity contribution in [3.05, 3.63) is 0 Å². The number of hydrogen-bond acceptors (Lipinski definition) is 4. The maximum absolute atomic E-state index is 9.12. The van der Waals surface area contributed by atoms with Crippen LogP contribution in [0.4, 0.5) is 0 Å². The lowest BCUT2D eigenvalue weighted by molar-refractivity contribution is -0.0935. The Hall–Kier alpha value is 0.230. The molecule has 1 N–H and O–H groups in total. The van der Waals surface area contributed by atoms with Crippen molar-refractivity contribution in [3.8, 4) is 0 Å². The van der Waals surface area contributed by atoms with Crippen LogP contribution >= 0.6 is 11.8 Å². The average Bonchev–Trinajstić information content (AvgIpc) is 2.14. The molecule has 1 rings (SSSR count). The molecule has 1 aliphatic heterocycles. The summed E-state index contributed by atoms with van der Waals surface area (Å²) in [7, 11) is 0. The van der Waals surface area contributed by atoms with Crippen LogP contribution in [0.1, 0.15) is 27.7 Å². The highest BCUT2D eigenvalue weighted by atomic mass is 32.2. The van der Waals surface area contributed by atoms with Crippen LogP contribution in [0.15, 0.2) is 0 Å². The van der Waals surface area contributed by atoms with Gasteiger partial charge in [0.25, 0.3) is 0 Å². The number of thioether (sulfide) groups is 1. The minimum Gasteiger partial charge on any atom is -0.394 e. The molecule has 1 heterocycles. The van der Waals surface area contributed by atoms with Gasteiger partial charge in [-0.15, -0.1) is 0 Å². The lowest BCUT2D eigenvalue weighted by Crippen LogP contribution is -2.48. The third-order valence-electron chi connectivity index (χ3n) is 2.55. The molecule has 0 radical (unpaired) electrons. The van der Waals surface area contributed by atoms with E-state index in [0.29, 0.717) is 4.75 Å². The second-order valence-corrected chi connectivity index (χ2v) is 7.39. The van der Waals surface area contributed by atoms with Gasteiger partial charge in [0.05, 0.1) is 18.8 Å². The third-order valence-corrected chi connectivity index (χ3v) is 3.80. The highest BCUT2D eigenvalue weighted by Crippen LogP contribution is 2.23. The number of ether oxygens (including phenoxy) is 1. The molecule has 0 aromatic rings. The number of rotatable bonds is 4. The number of aliphatic hydroxyl groups is 1. The lowest BCUT2D eigenvalue weighted by atomic mass is 10.2. The molecular formula is C12H25NO2S. The molecule has 1 saturated heterocycles. The van der Waals surface area contributed by atoms with E-state index in [9.17, 15) is 0 Å². The Bertz CT molecular complexity index is 206. The van der Waals surface area contributed by atoms with Crippen molar-refractivity contribution in [2.45, 2.75) is 44.6 Å². The second-order valence-electron chi connectivity index (χ2n) is 5.47. The Kier molecular flexibility index (Phi) is 5.57.